The molecule has 0 saturated carbocycles. The lowest BCUT2D eigenvalue weighted by molar-refractivity contribution is 1.01. The van der Waals surface area contributed by atoms with Gasteiger partial charge in [0.2, 0.25) is 0 Å². The molecule has 0 bridgehead atoms. The molecule has 0 spiro atoms. The van der Waals surface area contributed by atoms with Crippen molar-refractivity contribution < 1.29 is 0 Å². The maximum absolute atomic E-state index is 8.95. The second kappa shape index (κ2) is 5.13. The first-order valence-electron chi connectivity index (χ1n) is 5.45. The second-order valence-electron chi connectivity index (χ2n) is 3.78. The van der Waals surface area contributed by atoms with Gasteiger partial charge in [-0.1, -0.05) is 18.2 Å². The Kier molecular flexibility index (Phi) is 3.37. The summed E-state index contributed by atoms with van der Waals surface area (Å²) in [4.78, 5) is 4.40. The van der Waals surface area contributed by atoms with Gasteiger partial charge in [0.15, 0.2) is 0 Å². The number of para-hydroxylation sites is 1. The molecule has 84 valence electrons. The van der Waals surface area contributed by atoms with Gasteiger partial charge in [0.1, 0.15) is 6.07 Å². The lowest BCUT2D eigenvalue weighted by Gasteiger charge is -2.07. The minimum absolute atomic E-state index is 0.625. The van der Waals surface area contributed by atoms with E-state index in [0.717, 1.165) is 17.1 Å². The minimum atomic E-state index is 0.625. The summed E-state index contributed by atoms with van der Waals surface area (Å²) in [6, 6.07) is 15.5. The molecule has 0 aliphatic rings. The van der Waals surface area contributed by atoms with E-state index in [2.05, 4.69) is 16.4 Å². The Hall–Kier alpha value is -2.34. The molecule has 1 aromatic heterocycles. The van der Waals surface area contributed by atoms with E-state index in [1.165, 1.54) is 0 Å². The molecule has 3 nitrogen and oxygen atoms in total. The van der Waals surface area contributed by atoms with E-state index in [1.807, 2.05) is 43.3 Å². The minimum Gasteiger partial charge on any atom is -0.378 e. The van der Waals surface area contributed by atoms with Crippen LogP contribution in [-0.4, -0.2) is 4.98 Å². The van der Waals surface area contributed by atoms with Crippen LogP contribution in [-0.2, 0) is 6.54 Å². The number of rotatable bonds is 3. The van der Waals surface area contributed by atoms with Crippen LogP contribution in [0.25, 0.3) is 0 Å². The summed E-state index contributed by atoms with van der Waals surface area (Å²) < 4.78 is 0. The fourth-order valence-electron chi connectivity index (χ4n) is 1.62. The number of nitriles is 1. The number of hydrogen-bond acceptors (Lipinski definition) is 3. The molecule has 0 unspecified atom stereocenters. The average molecular weight is 223 g/mol. The van der Waals surface area contributed by atoms with Crippen molar-refractivity contribution in [1.29, 1.82) is 5.26 Å². The van der Waals surface area contributed by atoms with Crippen LogP contribution in [0.3, 0.4) is 0 Å². The Morgan fingerprint density at radius 2 is 2.00 bits per heavy atom. The SMILES string of the molecule is Cc1cccc(CNc2ccccc2C#N)n1. The van der Waals surface area contributed by atoms with E-state index < -0.39 is 0 Å². The number of nitrogens with one attached hydrogen (secondary N) is 1. The number of hydrogen-bond donors (Lipinski definition) is 1. The molecule has 2 aromatic rings. The Balaban J connectivity index is 2.10. The zero-order valence-electron chi connectivity index (χ0n) is 9.64. The molecular weight excluding hydrogens is 210 g/mol. The van der Waals surface area contributed by atoms with E-state index in [4.69, 9.17) is 5.26 Å². The standard InChI is InChI=1S/C14H13N3/c1-11-5-4-7-13(17-11)10-16-14-8-3-2-6-12(14)9-15/h2-8,16H,10H2,1H3. The summed E-state index contributed by atoms with van der Waals surface area (Å²) in [5, 5.41) is 12.2. The lowest BCUT2D eigenvalue weighted by Crippen LogP contribution is -2.03. The topological polar surface area (TPSA) is 48.7 Å². The number of pyridine rings is 1. The van der Waals surface area contributed by atoms with Crippen LogP contribution < -0.4 is 5.32 Å². The predicted molar refractivity (Wildman–Crippen MR) is 67.5 cm³/mol. The molecule has 0 aliphatic carbocycles. The highest BCUT2D eigenvalue weighted by atomic mass is 14.9. The smallest absolute Gasteiger partial charge is 0.101 e. The normalized spacial score (nSPS) is 9.65. The van der Waals surface area contributed by atoms with Crippen LogP contribution >= 0.6 is 0 Å². The summed E-state index contributed by atoms with van der Waals surface area (Å²) in [6.45, 7) is 2.59. The zero-order chi connectivity index (χ0) is 12.1. The van der Waals surface area contributed by atoms with E-state index in [-0.39, 0.29) is 0 Å². The summed E-state index contributed by atoms with van der Waals surface area (Å²) in [6.07, 6.45) is 0. The fraction of sp³-hybridized carbons (Fsp3) is 0.143. The van der Waals surface area contributed by atoms with Gasteiger partial charge in [-0.3, -0.25) is 4.98 Å². The number of benzene rings is 1. The average Bonchev–Trinajstić information content (AvgIpc) is 2.37. The maximum atomic E-state index is 8.95. The molecule has 0 radical (unpaired) electrons. The van der Waals surface area contributed by atoms with Crippen LogP contribution in [0.1, 0.15) is 17.0 Å². The van der Waals surface area contributed by atoms with Gasteiger partial charge < -0.3 is 5.32 Å². The molecule has 0 amide bonds. The summed E-state index contributed by atoms with van der Waals surface area (Å²) in [7, 11) is 0. The highest BCUT2D eigenvalue weighted by Crippen LogP contribution is 2.14. The highest BCUT2D eigenvalue weighted by Gasteiger charge is 2.00. The molecule has 1 heterocycles. The third kappa shape index (κ3) is 2.82. The molecule has 3 heteroatoms. The molecule has 1 N–H and O–H groups in total. The van der Waals surface area contributed by atoms with Crippen LogP contribution in [0.2, 0.25) is 0 Å². The Bertz CT molecular complexity index is 555. The molecule has 0 saturated heterocycles. The second-order valence-corrected chi connectivity index (χ2v) is 3.78. The Morgan fingerprint density at radius 3 is 2.76 bits per heavy atom. The predicted octanol–water partition coefficient (Wildman–Crippen LogP) is 2.87. The fourth-order valence-corrected chi connectivity index (χ4v) is 1.62. The summed E-state index contributed by atoms with van der Waals surface area (Å²) in [5.74, 6) is 0. The molecular formula is C14H13N3. The van der Waals surface area contributed by atoms with E-state index in [0.29, 0.717) is 12.1 Å². The first kappa shape index (κ1) is 11.2. The summed E-state index contributed by atoms with van der Waals surface area (Å²) in [5.41, 5.74) is 3.47. The van der Waals surface area contributed by atoms with Crippen molar-refractivity contribution in [2.75, 3.05) is 5.32 Å². The van der Waals surface area contributed by atoms with Crippen LogP contribution in [0.15, 0.2) is 42.5 Å². The van der Waals surface area contributed by atoms with Crippen molar-refractivity contribution in [1.82, 2.24) is 4.98 Å². The largest absolute Gasteiger partial charge is 0.378 e. The van der Waals surface area contributed by atoms with Gasteiger partial charge in [-0.15, -0.1) is 0 Å². The van der Waals surface area contributed by atoms with Crippen molar-refractivity contribution in [3.05, 3.63) is 59.4 Å². The number of aryl methyl sites for hydroxylation is 1. The Labute approximate surface area is 101 Å². The van der Waals surface area contributed by atoms with Gasteiger partial charge in [0.25, 0.3) is 0 Å². The van der Waals surface area contributed by atoms with E-state index in [9.17, 15) is 0 Å². The van der Waals surface area contributed by atoms with Gasteiger partial charge in [-0.25, -0.2) is 0 Å². The molecule has 17 heavy (non-hydrogen) atoms. The van der Waals surface area contributed by atoms with Crippen molar-refractivity contribution >= 4 is 5.69 Å². The molecule has 0 aliphatic heterocycles. The van der Waals surface area contributed by atoms with Crippen molar-refractivity contribution in [2.45, 2.75) is 13.5 Å². The summed E-state index contributed by atoms with van der Waals surface area (Å²) >= 11 is 0. The van der Waals surface area contributed by atoms with Crippen molar-refractivity contribution in [3.8, 4) is 6.07 Å². The lowest BCUT2D eigenvalue weighted by atomic mass is 10.2. The van der Waals surface area contributed by atoms with Crippen molar-refractivity contribution in [3.63, 3.8) is 0 Å². The van der Waals surface area contributed by atoms with Crippen LogP contribution in [0.4, 0.5) is 5.69 Å². The van der Waals surface area contributed by atoms with Gasteiger partial charge in [-0.2, -0.15) is 5.26 Å². The van der Waals surface area contributed by atoms with Gasteiger partial charge in [-0.05, 0) is 31.2 Å². The van der Waals surface area contributed by atoms with Crippen molar-refractivity contribution in [2.24, 2.45) is 0 Å². The van der Waals surface area contributed by atoms with E-state index >= 15 is 0 Å². The third-order valence-electron chi connectivity index (χ3n) is 2.45. The monoisotopic (exact) mass is 223 g/mol. The Morgan fingerprint density at radius 1 is 1.18 bits per heavy atom. The van der Waals surface area contributed by atoms with Gasteiger partial charge in [0, 0.05) is 5.69 Å². The first-order valence-corrected chi connectivity index (χ1v) is 5.45. The highest BCUT2D eigenvalue weighted by molar-refractivity contribution is 5.57. The molecule has 1 aromatic carbocycles. The first-order chi connectivity index (χ1) is 8.29. The van der Waals surface area contributed by atoms with Gasteiger partial charge >= 0.3 is 0 Å². The quantitative estimate of drug-likeness (QED) is 0.870. The molecule has 0 fully saturated rings. The molecule has 2 rings (SSSR count). The maximum Gasteiger partial charge on any atom is 0.101 e. The zero-order valence-corrected chi connectivity index (χ0v) is 9.64. The number of nitrogens with zero attached hydrogens (tertiary/aromatic N) is 2. The van der Waals surface area contributed by atoms with Crippen LogP contribution in [0, 0.1) is 18.3 Å². The third-order valence-corrected chi connectivity index (χ3v) is 2.45. The molecule has 0 atom stereocenters. The number of anilines is 1. The van der Waals surface area contributed by atoms with E-state index in [1.54, 1.807) is 6.07 Å². The van der Waals surface area contributed by atoms with Gasteiger partial charge in [0.05, 0.1) is 23.5 Å². The van der Waals surface area contributed by atoms with Crippen LogP contribution in [0.5, 0.6) is 0 Å². The number of aromatic nitrogens is 1.